The Labute approximate surface area is 140 Å². The predicted molar refractivity (Wildman–Crippen MR) is 88.9 cm³/mol. The van der Waals surface area contributed by atoms with Crippen LogP contribution in [-0.4, -0.2) is 24.5 Å². The summed E-state index contributed by atoms with van der Waals surface area (Å²) in [5.74, 6) is 0.995. The maximum atomic E-state index is 11.8. The molecule has 0 spiro atoms. The molecule has 1 fully saturated rings. The van der Waals surface area contributed by atoms with Crippen molar-refractivity contribution < 1.29 is 18.7 Å². The second-order valence-electron chi connectivity index (χ2n) is 5.94. The van der Waals surface area contributed by atoms with Crippen molar-refractivity contribution in [1.82, 2.24) is 5.32 Å². The minimum Gasteiger partial charge on any atom is -0.484 e. The van der Waals surface area contributed by atoms with Crippen molar-refractivity contribution in [3.63, 3.8) is 0 Å². The van der Waals surface area contributed by atoms with Crippen LogP contribution in [0.3, 0.4) is 0 Å². The maximum Gasteiger partial charge on any atom is 0.291 e. The zero-order chi connectivity index (χ0) is 16.9. The van der Waals surface area contributed by atoms with Gasteiger partial charge in [-0.1, -0.05) is 0 Å². The van der Waals surface area contributed by atoms with E-state index in [4.69, 9.17) is 9.15 Å². The number of hydrogen-bond donors (Lipinski definition) is 2. The maximum absolute atomic E-state index is 11.8. The molecule has 3 rings (SSSR count). The Morgan fingerprint density at radius 2 is 2.00 bits per heavy atom. The standard InChI is InChI=1S/C18H20N2O4/c1-12(13-4-5-13)19-17(21)11-24-15-8-6-14(7-9-15)20-18(22)16-3-2-10-23-16/h2-3,6-10,12-13H,4-5,11H2,1H3,(H,19,21)(H,20,22). The number of rotatable bonds is 7. The molecule has 2 amide bonds. The molecule has 0 saturated heterocycles. The highest BCUT2D eigenvalue weighted by atomic mass is 16.5. The SMILES string of the molecule is CC(NC(=O)COc1ccc(NC(=O)c2ccco2)cc1)C1CC1. The van der Waals surface area contributed by atoms with Gasteiger partial charge in [0, 0.05) is 11.7 Å². The van der Waals surface area contributed by atoms with E-state index in [-0.39, 0.29) is 30.2 Å². The molecule has 1 aliphatic carbocycles. The van der Waals surface area contributed by atoms with Gasteiger partial charge in [0.15, 0.2) is 12.4 Å². The third-order valence-electron chi connectivity index (χ3n) is 3.94. The summed E-state index contributed by atoms with van der Waals surface area (Å²) in [6.45, 7) is 2.00. The lowest BCUT2D eigenvalue weighted by molar-refractivity contribution is -0.123. The average molecular weight is 328 g/mol. The van der Waals surface area contributed by atoms with Gasteiger partial charge in [0.1, 0.15) is 5.75 Å². The monoisotopic (exact) mass is 328 g/mol. The zero-order valence-electron chi connectivity index (χ0n) is 13.5. The number of benzene rings is 1. The van der Waals surface area contributed by atoms with Gasteiger partial charge in [-0.2, -0.15) is 0 Å². The van der Waals surface area contributed by atoms with Crippen LogP contribution in [0.25, 0.3) is 0 Å². The molecule has 2 N–H and O–H groups in total. The van der Waals surface area contributed by atoms with Crippen LogP contribution in [0.1, 0.15) is 30.3 Å². The van der Waals surface area contributed by atoms with Gasteiger partial charge in [-0.25, -0.2) is 0 Å². The van der Waals surface area contributed by atoms with Crippen molar-refractivity contribution in [2.45, 2.75) is 25.8 Å². The van der Waals surface area contributed by atoms with Crippen LogP contribution in [0, 0.1) is 5.92 Å². The van der Waals surface area contributed by atoms with Gasteiger partial charge in [0.05, 0.1) is 6.26 Å². The average Bonchev–Trinajstić information content (AvgIpc) is 3.29. The molecular weight excluding hydrogens is 308 g/mol. The summed E-state index contributed by atoms with van der Waals surface area (Å²) in [5.41, 5.74) is 0.621. The molecule has 1 aliphatic rings. The van der Waals surface area contributed by atoms with E-state index >= 15 is 0 Å². The Morgan fingerprint density at radius 3 is 2.62 bits per heavy atom. The van der Waals surface area contributed by atoms with E-state index in [0.717, 1.165) is 0 Å². The summed E-state index contributed by atoms with van der Waals surface area (Å²) in [6, 6.07) is 10.3. The third kappa shape index (κ3) is 4.38. The summed E-state index contributed by atoms with van der Waals surface area (Å²) in [6.07, 6.45) is 3.82. The summed E-state index contributed by atoms with van der Waals surface area (Å²) in [4.78, 5) is 23.6. The second-order valence-corrected chi connectivity index (χ2v) is 5.94. The van der Waals surface area contributed by atoms with E-state index in [1.807, 2.05) is 6.92 Å². The van der Waals surface area contributed by atoms with Gasteiger partial charge in [-0.15, -0.1) is 0 Å². The Bertz CT molecular complexity index is 690. The first-order valence-electron chi connectivity index (χ1n) is 7.99. The summed E-state index contributed by atoms with van der Waals surface area (Å²) >= 11 is 0. The van der Waals surface area contributed by atoms with Crippen molar-refractivity contribution in [2.24, 2.45) is 5.92 Å². The van der Waals surface area contributed by atoms with Gasteiger partial charge in [-0.3, -0.25) is 9.59 Å². The highest BCUT2D eigenvalue weighted by molar-refractivity contribution is 6.02. The van der Waals surface area contributed by atoms with Crippen LogP contribution >= 0.6 is 0 Å². The third-order valence-corrected chi connectivity index (χ3v) is 3.94. The number of nitrogens with one attached hydrogen (secondary N) is 2. The molecule has 1 aromatic heterocycles. The van der Waals surface area contributed by atoms with Crippen molar-refractivity contribution in [1.29, 1.82) is 0 Å². The van der Waals surface area contributed by atoms with E-state index < -0.39 is 0 Å². The molecule has 0 bridgehead atoms. The Balaban J connectivity index is 1.45. The lowest BCUT2D eigenvalue weighted by atomic mass is 10.2. The highest BCUT2D eigenvalue weighted by Gasteiger charge is 2.28. The normalized spacial score (nSPS) is 14.7. The van der Waals surface area contributed by atoms with Crippen LogP contribution in [0.2, 0.25) is 0 Å². The molecule has 126 valence electrons. The van der Waals surface area contributed by atoms with Gasteiger partial charge in [0.25, 0.3) is 11.8 Å². The van der Waals surface area contributed by atoms with Crippen LogP contribution in [0.5, 0.6) is 5.75 Å². The summed E-state index contributed by atoms with van der Waals surface area (Å²) < 4.78 is 10.5. The molecule has 1 unspecified atom stereocenters. The van der Waals surface area contributed by atoms with Crippen molar-refractivity contribution in [3.8, 4) is 5.75 Å². The first kappa shape index (κ1) is 16.1. The molecule has 6 heteroatoms. The fourth-order valence-electron chi connectivity index (χ4n) is 2.39. The fraction of sp³-hybridized carbons (Fsp3) is 0.333. The Kier molecular flexibility index (Phi) is 4.84. The topological polar surface area (TPSA) is 80.6 Å². The van der Waals surface area contributed by atoms with Gasteiger partial charge < -0.3 is 19.8 Å². The first-order chi connectivity index (χ1) is 11.6. The molecule has 2 aromatic rings. The number of carbonyl (C=O) groups excluding carboxylic acids is 2. The van der Waals surface area contributed by atoms with Crippen LogP contribution in [-0.2, 0) is 4.79 Å². The molecule has 1 aromatic carbocycles. The van der Waals surface area contributed by atoms with Crippen molar-refractivity contribution >= 4 is 17.5 Å². The van der Waals surface area contributed by atoms with Gasteiger partial charge in [0.2, 0.25) is 0 Å². The van der Waals surface area contributed by atoms with Gasteiger partial charge >= 0.3 is 0 Å². The molecule has 6 nitrogen and oxygen atoms in total. The molecule has 1 heterocycles. The molecule has 1 atom stereocenters. The second kappa shape index (κ2) is 7.21. The van der Waals surface area contributed by atoms with E-state index in [0.29, 0.717) is 17.4 Å². The number of amides is 2. The van der Waals surface area contributed by atoms with Crippen LogP contribution in [0.15, 0.2) is 47.1 Å². The number of hydrogen-bond acceptors (Lipinski definition) is 4. The predicted octanol–water partition coefficient (Wildman–Crippen LogP) is 2.83. The molecule has 1 saturated carbocycles. The minimum atomic E-state index is -0.317. The molecule has 0 aliphatic heterocycles. The Morgan fingerprint density at radius 1 is 1.25 bits per heavy atom. The van der Waals surface area contributed by atoms with E-state index in [9.17, 15) is 9.59 Å². The summed E-state index contributed by atoms with van der Waals surface area (Å²) in [5, 5.41) is 5.65. The van der Waals surface area contributed by atoms with E-state index in [2.05, 4.69) is 10.6 Å². The number of anilines is 1. The first-order valence-corrected chi connectivity index (χ1v) is 7.99. The van der Waals surface area contributed by atoms with E-state index in [1.54, 1.807) is 36.4 Å². The number of carbonyl (C=O) groups is 2. The zero-order valence-corrected chi connectivity index (χ0v) is 13.5. The Hall–Kier alpha value is -2.76. The van der Waals surface area contributed by atoms with E-state index in [1.165, 1.54) is 19.1 Å². The van der Waals surface area contributed by atoms with Crippen molar-refractivity contribution in [2.75, 3.05) is 11.9 Å². The quantitative estimate of drug-likeness (QED) is 0.819. The molecule has 0 radical (unpaired) electrons. The lowest BCUT2D eigenvalue weighted by Crippen LogP contribution is -2.37. The smallest absolute Gasteiger partial charge is 0.291 e. The largest absolute Gasteiger partial charge is 0.484 e. The number of furan rings is 1. The molecular formula is C18H20N2O4. The summed E-state index contributed by atoms with van der Waals surface area (Å²) in [7, 11) is 0. The van der Waals surface area contributed by atoms with Crippen LogP contribution < -0.4 is 15.4 Å². The number of ether oxygens (including phenoxy) is 1. The van der Waals surface area contributed by atoms with Crippen LogP contribution in [0.4, 0.5) is 5.69 Å². The highest BCUT2D eigenvalue weighted by Crippen LogP contribution is 2.32. The van der Waals surface area contributed by atoms with Gasteiger partial charge in [-0.05, 0) is 62.1 Å². The van der Waals surface area contributed by atoms with Crippen molar-refractivity contribution in [3.05, 3.63) is 48.4 Å². The minimum absolute atomic E-state index is 0.0187. The fourth-order valence-corrected chi connectivity index (χ4v) is 2.39. The lowest BCUT2D eigenvalue weighted by Gasteiger charge is -2.13. The molecule has 24 heavy (non-hydrogen) atoms.